The Morgan fingerprint density at radius 3 is 2.72 bits per heavy atom. The first-order valence-corrected chi connectivity index (χ1v) is 8.81. The molecule has 2 unspecified atom stereocenters. The largest absolute Gasteiger partial charge is 0.497 e. The molecule has 2 aromatic rings. The Bertz CT molecular complexity index is 759. The fourth-order valence-corrected chi connectivity index (χ4v) is 3.57. The molecular formula is C20H27NO4. The molecule has 0 radical (unpaired) electrons. The zero-order chi connectivity index (χ0) is 18.2. The number of hydrogen-bond donors (Lipinski definition) is 0. The van der Waals surface area contributed by atoms with Crippen molar-refractivity contribution < 1.29 is 18.7 Å². The maximum Gasteiger partial charge on any atom is 0.410 e. The van der Waals surface area contributed by atoms with E-state index in [-0.39, 0.29) is 6.09 Å². The molecule has 0 aliphatic carbocycles. The molecule has 0 N–H and O–H groups in total. The molecule has 1 amide bonds. The molecule has 2 atom stereocenters. The van der Waals surface area contributed by atoms with E-state index >= 15 is 0 Å². The van der Waals surface area contributed by atoms with Crippen molar-refractivity contribution in [1.82, 2.24) is 4.90 Å². The molecule has 1 aliphatic heterocycles. The van der Waals surface area contributed by atoms with E-state index in [1.54, 1.807) is 13.4 Å². The average molecular weight is 345 g/mol. The summed E-state index contributed by atoms with van der Waals surface area (Å²) in [5.74, 6) is 1.47. The molecule has 136 valence electrons. The molecule has 0 bridgehead atoms. The van der Waals surface area contributed by atoms with Gasteiger partial charge in [0.2, 0.25) is 0 Å². The van der Waals surface area contributed by atoms with Crippen LogP contribution in [-0.4, -0.2) is 36.8 Å². The van der Waals surface area contributed by atoms with Crippen molar-refractivity contribution in [2.45, 2.75) is 45.6 Å². The molecule has 1 aromatic carbocycles. The summed E-state index contributed by atoms with van der Waals surface area (Å²) in [6.45, 7) is 9.22. The SMILES string of the molecule is COc1cc(C2CCN(C(=O)OC(C)(C)C)CC2C)c2occc2c1. The Balaban J connectivity index is 1.80. The zero-order valence-electron chi connectivity index (χ0n) is 15.7. The molecule has 25 heavy (non-hydrogen) atoms. The number of piperidine rings is 1. The second kappa shape index (κ2) is 6.62. The van der Waals surface area contributed by atoms with Crippen LogP contribution in [0.5, 0.6) is 5.75 Å². The number of nitrogens with zero attached hydrogens (tertiary/aromatic N) is 1. The third kappa shape index (κ3) is 3.75. The molecule has 1 aromatic heterocycles. The van der Waals surface area contributed by atoms with Gasteiger partial charge in [-0.3, -0.25) is 0 Å². The predicted molar refractivity (Wildman–Crippen MR) is 97.1 cm³/mol. The average Bonchev–Trinajstić information content (AvgIpc) is 3.00. The summed E-state index contributed by atoms with van der Waals surface area (Å²) in [5, 5.41) is 1.05. The molecule has 3 rings (SSSR count). The normalized spacial score (nSPS) is 21.4. The lowest BCUT2D eigenvalue weighted by molar-refractivity contribution is 0.0155. The van der Waals surface area contributed by atoms with Crippen molar-refractivity contribution in [2.75, 3.05) is 20.2 Å². The van der Waals surface area contributed by atoms with E-state index in [0.717, 1.165) is 28.7 Å². The highest BCUT2D eigenvalue weighted by Crippen LogP contribution is 2.39. The van der Waals surface area contributed by atoms with Gasteiger partial charge in [0, 0.05) is 24.0 Å². The topological polar surface area (TPSA) is 51.9 Å². The smallest absolute Gasteiger partial charge is 0.410 e. The van der Waals surface area contributed by atoms with Crippen molar-refractivity contribution in [1.29, 1.82) is 0 Å². The highest BCUT2D eigenvalue weighted by molar-refractivity contribution is 5.83. The number of rotatable bonds is 2. The van der Waals surface area contributed by atoms with E-state index in [0.29, 0.717) is 24.9 Å². The first kappa shape index (κ1) is 17.6. The van der Waals surface area contributed by atoms with Gasteiger partial charge in [0.05, 0.1) is 13.4 Å². The van der Waals surface area contributed by atoms with Gasteiger partial charge in [0.15, 0.2) is 0 Å². The molecular weight excluding hydrogens is 318 g/mol. The standard InChI is InChI=1S/C20H27NO4/c1-13-12-21(19(22)25-20(2,3)4)8-6-16(13)17-11-15(23-5)10-14-7-9-24-18(14)17/h7,9-11,13,16H,6,8,12H2,1-5H3. The maximum atomic E-state index is 12.3. The van der Waals surface area contributed by atoms with Gasteiger partial charge in [-0.2, -0.15) is 0 Å². The zero-order valence-corrected chi connectivity index (χ0v) is 15.7. The van der Waals surface area contributed by atoms with E-state index in [1.165, 1.54) is 0 Å². The van der Waals surface area contributed by atoms with Crippen molar-refractivity contribution >= 4 is 17.1 Å². The van der Waals surface area contributed by atoms with Crippen LogP contribution in [-0.2, 0) is 4.74 Å². The Hall–Kier alpha value is -2.17. The van der Waals surface area contributed by atoms with Gasteiger partial charge >= 0.3 is 6.09 Å². The van der Waals surface area contributed by atoms with Crippen LogP contribution in [0.15, 0.2) is 28.9 Å². The van der Waals surface area contributed by atoms with Gasteiger partial charge < -0.3 is 18.8 Å². The van der Waals surface area contributed by atoms with E-state index in [1.807, 2.05) is 37.8 Å². The first-order valence-electron chi connectivity index (χ1n) is 8.81. The van der Waals surface area contributed by atoms with Gasteiger partial charge in [-0.05, 0) is 57.2 Å². The summed E-state index contributed by atoms with van der Waals surface area (Å²) >= 11 is 0. The summed E-state index contributed by atoms with van der Waals surface area (Å²) in [4.78, 5) is 14.2. The monoisotopic (exact) mass is 345 g/mol. The van der Waals surface area contributed by atoms with E-state index < -0.39 is 5.60 Å². The summed E-state index contributed by atoms with van der Waals surface area (Å²) in [7, 11) is 1.68. The number of fused-ring (bicyclic) bond motifs is 1. The van der Waals surface area contributed by atoms with E-state index in [2.05, 4.69) is 13.0 Å². The predicted octanol–water partition coefficient (Wildman–Crippen LogP) is 4.80. The number of amides is 1. The van der Waals surface area contributed by atoms with Crippen molar-refractivity contribution in [3.63, 3.8) is 0 Å². The van der Waals surface area contributed by atoms with Crippen LogP contribution in [0, 0.1) is 5.92 Å². The van der Waals surface area contributed by atoms with Crippen molar-refractivity contribution in [2.24, 2.45) is 5.92 Å². The third-order valence-electron chi connectivity index (χ3n) is 4.75. The number of carbonyl (C=O) groups excluding carboxylic acids is 1. The first-order chi connectivity index (χ1) is 11.8. The number of likely N-dealkylation sites (tertiary alicyclic amines) is 1. The molecule has 0 spiro atoms. The number of benzene rings is 1. The number of hydrogen-bond acceptors (Lipinski definition) is 4. The molecule has 5 heteroatoms. The second-order valence-corrected chi connectivity index (χ2v) is 7.85. The summed E-state index contributed by atoms with van der Waals surface area (Å²) in [6.07, 6.45) is 2.36. The maximum absolute atomic E-state index is 12.3. The number of ether oxygens (including phenoxy) is 2. The third-order valence-corrected chi connectivity index (χ3v) is 4.75. The van der Waals surface area contributed by atoms with Gasteiger partial charge in [-0.15, -0.1) is 0 Å². The Labute approximate surface area is 148 Å². The fraction of sp³-hybridized carbons (Fsp3) is 0.550. The number of furan rings is 1. The molecule has 1 fully saturated rings. The van der Waals surface area contributed by atoms with Gasteiger partial charge in [-0.25, -0.2) is 4.79 Å². The fourth-order valence-electron chi connectivity index (χ4n) is 3.57. The minimum atomic E-state index is -0.468. The Morgan fingerprint density at radius 1 is 1.32 bits per heavy atom. The van der Waals surface area contributed by atoms with Crippen LogP contribution < -0.4 is 4.74 Å². The minimum Gasteiger partial charge on any atom is -0.497 e. The van der Waals surface area contributed by atoms with Crippen LogP contribution in [0.2, 0.25) is 0 Å². The lowest BCUT2D eigenvalue weighted by Gasteiger charge is -2.37. The minimum absolute atomic E-state index is 0.230. The second-order valence-electron chi connectivity index (χ2n) is 7.85. The van der Waals surface area contributed by atoms with Crippen LogP contribution in [0.1, 0.15) is 45.6 Å². The van der Waals surface area contributed by atoms with Crippen LogP contribution in [0.4, 0.5) is 4.79 Å². The molecule has 1 aliphatic rings. The molecule has 5 nitrogen and oxygen atoms in total. The Kier molecular flexibility index (Phi) is 4.67. The van der Waals surface area contributed by atoms with Gasteiger partial charge in [0.25, 0.3) is 0 Å². The van der Waals surface area contributed by atoms with E-state index in [9.17, 15) is 4.79 Å². The highest BCUT2D eigenvalue weighted by Gasteiger charge is 2.33. The van der Waals surface area contributed by atoms with Crippen molar-refractivity contribution in [3.8, 4) is 5.75 Å². The molecule has 2 heterocycles. The quantitative estimate of drug-likeness (QED) is 0.784. The van der Waals surface area contributed by atoms with E-state index in [4.69, 9.17) is 13.9 Å². The number of carbonyl (C=O) groups is 1. The van der Waals surface area contributed by atoms with Crippen LogP contribution in [0.25, 0.3) is 11.0 Å². The summed E-state index contributed by atoms with van der Waals surface area (Å²) in [5.41, 5.74) is 1.61. The van der Waals surface area contributed by atoms with Gasteiger partial charge in [-0.1, -0.05) is 6.92 Å². The molecule has 0 saturated carbocycles. The Morgan fingerprint density at radius 2 is 2.08 bits per heavy atom. The van der Waals surface area contributed by atoms with Gasteiger partial charge in [0.1, 0.15) is 16.9 Å². The molecule has 1 saturated heterocycles. The van der Waals surface area contributed by atoms with Crippen LogP contribution >= 0.6 is 0 Å². The van der Waals surface area contributed by atoms with Crippen LogP contribution in [0.3, 0.4) is 0 Å². The van der Waals surface area contributed by atoms with Crippen molar-refractivity contribution in [3.05, 3.63) is 30.0 Å². The highest BCUT2D eigenvalue weighted by atomic mass is 16.6. The summed E-state index contributed by atoms with van der Waals surface area (Å²) in [6, 6.07) is 6.01. The summed E-state index contributed by atoms with van der Waals surface area (Å²) < 4.78 is 16.7. The lowest BCUT2D eigenvalue weighted by Crippen LogP contribution is -2.44. The number of methoxy groups -OCH3 is 1. The lowest BCUT2D eigenvalue weighted by atomic mass is 9.81.